The number of rotatable bonds is 7. The zero-order chi connectivity index (χ0) is 20.1. The zero-order valence-electron chi connectivity index (χ0n) is 18.3. The Morgan fingerprint density at radius 1 is 1.11 bits per heavy atom. The molecule has 0 bridgehead atoms. The number of aromatic nitrogens is 1. The van der Waals surface area contributed by atoms with Gasteiger partial charge >= 0.3 is 0 Å². The molecule has 0 atom stereocenters. The summed E-state index contributed by atoms with van der Waals surface area (Å²) in [5.74, 6) is 1.24. The lowest BCUT2D eigenvalue weighted by Crippen LogP contribution is -2.26. The lowest BCUT2D eigenvalue weighted by molar-refractivity contribution is 0.227. The predicted octanol–water partition coefficient (Wildman–Crippen LogP) is 7.49. The second-order valence-corrected chi connectivity index (χ2v) is 9.28. The van der Waals surface area contributed by atoms with Crippen molar-refractivity contribution in [3.63, 3.8) is 0 Å². The predicted molar refractivity (Wildman–Crippen MR) is 121 cm³/mol. The van der Waals surface area contributed by atoms with E-state index < -0.39 is 0 Å². The highest BCUT2D eigenvalue weighted by molar-refractivity contribution is 6.01. The molecule has 1 saturated carbocycles. The highest BCUT2D eigenvalue weighted by atomic mass is 14.8. The number of aliphatic imine (C=N–C) groups is 1. The standard InChI is InChI=1S/C26H36N2/c1-6-20-12-11-15-22(19(2)3)25(20)28-24(23-16-9-10-17-27-23)18-26(4,5)21-13-7-8-14-21/h9-12,15-17,19,21H,6-8,13-14,18H2,1-5H3. The van der Waals surface area contributed by atoms with Crippen LogP contribution in [0.5, 0.6) is 0 Å². The SMILES string of the molecule is CCc1cccc(C(C)C)c1N=C(CC(C)(C)C1CCCC1)c1ccccn1. The van der Waals surface area contributed by atoms with Gasteiger partial charge in [-0.15, -0.1) is 0 Å². The van der Waals surface area contributed by atoms with Crippen LogP contribution in [0.25, 0.3) is 0 Å². The fraction of sp³-hybridized carbons (Fsp3) is 0.538. The minimum absolute atomic E-state index is 0.242. The maximum absolute atomic E-state index is 5.33. The van der Waals surface area contributed by atoms with Gasteiger partial charge in [0.2, 0.25) is 0 Å². The lowest BCUT2D eigenvalue weighted by atomic mass is 9.73. The molecule has 28 heavy (non-hydrogen) atoms. The van der Waals surface area contributed by atoms with Crippen molar-refractivity contribution in [2.24, 2.45) is 16.3 Å². The number of aryl methyl sites for hydroxylation is 1. The molecular formula is C26H36N2. The number of benzene rings is 1. The van der Waals surface area contributed by atoms with Gasteiger partial charge in [-0.2, -0.15) is 0 Å². The van der Waals surface area contributed by atoms with Crippen molar-refractivity contribution in [1.29, 1.82) is 0 Å². The summed E-state index contributed by atoms with van der Waals surface area (Å²) in [4.78, 5) is 10.0. The Labute approximate surface area is 171 Å². The van der Waals surface area contributed by atoms with Crippen LogP contribution in [-0.4, -0.2) is 10.7 Å². The molecule has 1 aliphatic rings. The first-order valence-corrected chi connectivity index (χ1v) is 11.0. The molecule has 2 heteroatoms. The normalized spacial score (nSPS) is 16.1. The van der Waals surface area contributed by atoms with Gasteiger partial charge in [0.15, 0.2) is 0 Å². The third-order valence-electron chi connectivity index (χ3n) is 6.44. The first-order valence-electron chi connectivity index (χ1n) is 11.0. The van der Waals surface area contributed by atoms with Gasteiger partial charge in [-0.3, -0.25) is 9.98 Å². The molecule has 1 aliphatic carbocycles. The molecule has 2 nitrogen and oxygen atoms in total. The summed E-state index contributed by atoms with van der Waals surface area (Å²) < 4.78 is 0. The van der Waals surface area contributed by atoms with Crippen LogP contribution in [0.2, 0.25) is 0 Å². The first-order chi connectivity index (χ1) is 13.4. The smallest absolute Gasteiger partial charge is 0.0844 e. The lowest BCUT2D eigenvalue weighted by Gasteiger charge is -2.32. The minimum atomic E-state index is 0.242. The van der Waals surface area contributed by atoms with Crippen LogP contribution in [0, 0.1) is 11.3 Å². The van der Waals surface area contributed by atoms with Crippen molar-refractivity contribution >= 4 is 11.4 Å². The molecule has 0 N–H and O–H groups in total. The minimum Gasteiger partial charge on any atom is -0.255 e. The van der Waals surface area contributed by atoms with Crippen LogP contribution < -0.4 is 0 Å². The molecule has 2 aromatic rings. The second-order valence-electron chi connectivity index (χ2n) is 9.28. The average Bonchev–Trinajstić information content (AvgIpc) is 3.24. The average molecular weight is 377 g/mol. The Kier molecular flexibility index (Phi) is 6.69. The Bertz CT molecular complexity index is 796. The quantitative estimate of drug-likeness (QED) is 0.459. The highest BCUT2D eigenvalue weighted by Gasteiger charge is 2.33. The molecule has 0 saturated heterocycles. The van der Waals surface area contributed by atoms with E-state index in [1.54, 1.807) is 0 Å². The Balaban J connectivity index is 2.08. The monoisotopic (exact) mass is 376 g/mol. The highest BCUT2D eigenvalue weighted by Crippen LogP contribution is 2.43. The summed E-state index contributed by atoms with van der Waals surface area (Å²) in [7, 11) is 0. The van der Waals surface area contributed by atoms with E-state index in [1.807, 2.05) is 12.3 Å². The van der Waals surface area contributed by atoms with Crippen molar-refractivity contribution in [2.75, 3.05) is 0 Å². The third-order valence-corrected chi connectivity index (χ3v) is 6.44. The molecule has 0 aliphatic heterocycles. The topological polar surface area (TPSA) is 25.2 Å². The van der Waals surface area contributed by atoms with E-state index in [4.69, 9.17) is 4.99 Å². The molecule has 0 spiro atoms. The summed E-state index contributed by atoms with van der Waals surface area (Å²) >= 11 is 0. The molecule has 150 valence electrons. The number of para-hydroxylation sites is 1. The van der Waals surface area contributed by atoms with Gasteiger partial charge < -0.3 is 0 Å². The van der Waals surface area contributed by atoms with E-state index in [2.05, 4.69) is 69.9 Å². The van der Waals surface area contributed by atoms with Crippen LogP contribution in [0.3, 0.4) is 0 Å². The molecule has 0 amide bonds. The summed E-state index contributed by atoms with van der Waals surface area (Å²) in [5.41, 5.74) is 6.24. The molecule has 1 aromatic heterocycles. The largest absolute Gasteiger partial charge is 0.255 e. The molecular weight excluding hydrogens is 340 g/mol. The Morgan fingerprint density at radius 2 is 1.86 bits per heavy atom. The van der Waals surface area contributed by atoms with E-state index in [0.717, 1.165) is 30.2 Å². The van der Waals surface area contributed by atoms with Gasteiger partial charge in [0.05, 0.1) is 17.1 Å². The first kappa shape index (κ1) is 20.8. The van der Waals surface area contributed by atoms with Gasteiger partial charge in [-0.1, -0.05) is 71.7 Å². The van der Waals surface area contributed by atoms with Gasteiger partial charge in [-0.25, -0.2) is 0 Å². The van der Waals surface area contributed by atoms with Gasteiger partial charge in [0.25, 0.3) is 0 Å². The van der Waals surface area contributed by atoms with E-state index >= 15 is 0 Å². The maximum Gasteiger partial charge on any atom is 0.0844 e. The second kappa shape index (κ2) is 9.03. The number of hydrogen-bond donors (Lipinski definition) is 0. The Morgan fingerprint density at radius 3 is 2.46 bits per heavy atom. The molecule has 0 radical (unpaired) electrons. The number of nitrogens with zero attached hydrogens (tertiary/aromatic N) is 2. The van der Waals surface area contributed by atoms with Crippen LogP contribution in [-0.2, 0) is 6.42 Å². The summed E-state index contributed by atoms with van der Waals surface area (Å²) in [6.07, 6.45) is 9.32. The number of hydrogen-bond acceptors (Lipinski definition) is 2. The van der Waals surface area contributed by atoms with Crippen molar-refractivity contribution in [2.45, 2.75) is 79.1 Å². The maximum atomic E-state index is 5.33. The summed E-state index contributed by atoms with van der Waals surface area (Å²) in [6.45, 7) is 11.6. The summed E-state index contributed by atoms with van der Waals surface area (Å²) in [6, 6.07) is 12.8. The molecule has 1 fully saturated rings. The number of pyridine rings is 1. The van der Waals surface area contributed by atoms with Crippen molar-refractivity contribution < 1.29 is 0 Å². The van der Waals surface area contributed by atoms with E-state index in [1.165, 1.54) is 42.5 Å². The molecule has 0 unspecified atom stereocenters. The van der Waals surface area contributed by atoms with E-state index in [-0.39, 0.29) is 5.41 Å². The zero-order valence-corrected chi connectivity index (χ0v) is 18.3. The van der Waals surface area contributed by atoms with Crippen molar-refractivity contribution in [3.8, 4) is 0 Å². The van der Waals surface area contributed by atoms with Crippen LogP contribution in [0.15, 0.2) is 47.6 Å². The fourth-order valence-corrected chi connectivity index (χ4v) is 4.64. The fourth-order valence-electron chi connectivity index (χ4n) is 4.64. The van der Waals surface area contributed by atoms with Gasteiger partial charge in [-0.05, 0) is 66.2 Å². The Hall–Kier alpha value is -1.96. The van der Waals surface area contributed by atoms with E-state index in [0.29, 0.717) is 5.92 Å². The van der Waals surface area contributed by atoms with Gasteiger partial charge in [0.1, 0.15) is 0 Å². The van der Waals surface area contributed by atoms with Crippen LogP contribution in [0.4, 0.5) is 5.69 Å². The third kappa shape index (κ3) is 4.71. The summed E-state index contributed by atoms with van der Waals surface area (Å²) in [5, 5.41) is 0. The van der Waals surface area contributed by atoms with Gasteiger partial charge in [0, 0.05) is 6.20 Å². The van der Waals surface area contributed by atoms with Crippen molar-refractivity contribution in [1.82, 2.24) is 4.98 Å². The molecule has 1 heterocycles. The van der Waals surface area contributed by atoms with E-state index in [9.17, 15) is 0 Å². The van der Waals surface area contributed by atoms with Crippen LogP contribution in [0.1, 0.15) is 89.5 Å². The molecule has 3 rings (SSSR count). The molecule has 1 aromatic carbocycles. The van der Waals surface area contributed by atoms with Crippen molar-refractivity contribution in [3.05, 3.63) is 59.4 Å². The van der Waals surface area contributed by atoms with Crippen LogP contribution >= 0.6 is 0 Å².